The van der Waals surface area contributed by atoms with Crippen molar-refractivity contribution >= 4 is 28.6 Å². The van der Waals surface area contributed by atoms with Crippen LogP contribution in [0.2, 0.25) is 0 Å². The Labute approximate surface area is 242 Å². The van der Waals surface area contributed by atoms with E-state index in [1.54, 1.807) is 11.3 Å². The van der Waals surface area contributed by atoms with Crippen LogP contribution in [-0.2, 0) is 6.54 Å². The van der Waals surface area contributed by atoms with Crippen LogP contribution >= 0.6 is 11.3 Å². The van der Waals surface area contributed by atoms with Gasteiger partial charge in [0, 0.05) is 55.0 Å². The second kappa shape index (κ2) is 12.4. The van der Waals surface area contributed by atoms with E-state index in [0.29, 0.717) is 17.4 Å². The normalized spacial score (nSPS) is 14.2. The van der Waals surface area contributed by atoms with Crippen molar-refractivity contribution in [1.29, 1.82) is 0 Å². The van der Waals surface area contributed by atoms with Gasteiger partial charge < -0.3 is 10.2 Å². The van der Waals surface area contributed by atoms with Gasteiger partial charge in [-0.05, 0) is 71.3 Å². The Morgan fingerprint density at radius 2 is 1.60 bits per heavy atom. The number of thiazole rings is 1. The van der Waals surface area contributed by atoms with E-state index in [1.165, 1.54) is 22.5 Å². The molecule has 0 aliphatic carbocycles. The number of nitrogens with one attached hydrogen (secondary N) is 1. The quantitative estimate of drug-likeness (QED) is 0.241. The lowest BCUT2D eigenvalue weighted by Gasteiger charge is -2.35. The maximum atomic E-state index is 13.6. The SMILES string of the molecule is Cc1nc(CN2CCN(c3ccc(NC(=O)c4cccc(C(C)C)c4-c4ccc(C(C)C)cc4)cc3)CC2)cs1. The van der Waals surface area contributed by atoms with Gasteiger partial charge in [0.05, 0.1) is 10.7 Å². The minimum atomic E-state index is -0.0796. The van der Waals surface area contributed by atoms with Crippen molar-refractivity contribution in [2.45, 2.75) is 53.0 Å². The maximum Gasteiger partial charge on any atom is 0.256 e. The van der Waals surface area contributed by atoms with Crippen LogP contribution in [0, 0.1) is 6.92 Å². The van der Waals surface area contributed by atoms with Crippen molar-refractivity contribution in [1.82, 2.24) is 9.88 Å². The van der Waals surface area contributed by atoms with Gasteiger partial charge in [-0.15, -0.1) is 11.3 Å². The number of hydrogen-bond acceptors (Lipinski definition) is 5. The molecule has 40 heavy (non-hydrogen) atoms. The number of anilines is 2. The fourth-order valence-corrected chi connectivity index (χ4v) is 6.03. The number of piperazine rings is 1. The molecule has 4 aromatic rings. The van der Waals surface area contributed by atoms with E-state index in [9.17, 15) is 4.79 Å². The topological polar surface area (TPSA) is 48.5 Å². The Kier molecular flexibility index (Phi) is 8.67. The summed E-state index contributed by atoms with van der Waals surface area (Å²) in [6.45, 7) is 15.7. The third-order valence-corrected chi connectivity index (χ3v) is 8.57. The van der Waals surface area contributed by atoms with Gasteiger partial charge in [-0.2, -0.15) is 0 Å². The fourth-order valence-electron chi connectivity index (χ4n) is 5.43. The summed E-state index contributed by atoms with van der Waals surface area (Å²) in [5, 5.41) is 6.45. The van der Waals surface area contributed by atoms with Gasteiger partial charge in [0.2, 0.25) is 0 Å². The lowest BCUT2D eigenvalue weighted by atomic mass is 9.87. The zero-order chi connectivity index (χ0) is 28.2. The Bertz CT molecular complexity index is 1430. The van der Waals surface area contributed by atoms with Gasteiger partial charge in [0.1, 0.15) is 0 Å². The van der Waals surface area contributed by atoms with E-state index in [-0.39, 0.29) is 5.91 Å². The highest BCUT2D eigenvalue weighted by molar-refractivity contribution is 7.09. The van der Waals surface area contributed by atoms with Crippen LogP contribution in [0.25, 0.3) is 11.1 Å². The second-order valence-corrected chi connectivity index (χ2v) is 12.4. The van der Waals surface area contributed by atoms with Crippen molar-refractivity contribution in [3.05, 3.63) is 99.5 Å². The number of benzene rings is 3. The standard InChI is InChI=1S/C34H40N4OS/c1-23(2)26-9-11-27(12-10-26)33-31(24(3)4)7-6-8-32(33)34(39)36-28-13-15-30(16-14-28)38-19-17-37(18-20-38)21-29-22-40-25(5)35-29/h6-16,22-24H,17-21H2,1-5H3,(H,36,39). The van der Waals surface area contributed by atoms with E-state index in [4.69, 9.17) is 0 Å². The number of carbonyl (C=O) groups is 1. The first-order chi connectivity index (χ1) is 19.3. The van der Waals surface area contributed by atoms with Crippen LogP contribution in [0.1, 0.15) is 71.7 Å². The monoisotopic (exact) mass is 552 g/mol. The highest BCUT2D eigenvalue weighted by Crippen LogP contribution is 2.34. The molecule has 208 valence electrons. The molecule has 6 heteroatoms. The van der Waals surface area contributed by atoms with Crippen molar-refractivity contribution in [3.63, 3.8) is 0 Å². The Balaban J connectivity index is 1.27. The van der Waals surface area contributed by atoms with E-state index in [0.717, 1.165) is 54.5 Å². The van der Waals surface area contributed by atoms with E-state index < -0.39 is 0 Å². The number of nitrogens with zero attached hydrogens (tertiary/aromatic N) is 3. The molecule has 0 saturated carbocycles. The van der Waals surface area contributed by atoms with Crippen molar-refractivity contribution in [3.8, 4) is 11.1 Å². The summed E-state index contributed by atoms with van der Waals surface area (Å²) in [6, 6.07) is 23.0. The molecule has 1 fully saturated rings. The highest BCUT2D eigenvalue weighted by atomic mass is 32.1. The van der Waals surface area contributed by atoms with Gasteiger partial charge in [-0.1, -0.05) is 64.1 Å². The summed E-state index contributed by atoms with van der Waals surface area (Å²) < 4.78 is 0. The summed E-state index contributed by atoms with van der Waals surface area (Å²) in [7, 11) is 0. The van der Waals surface area contributed by atoms with Gasteiger partial charge in [-0.3, -0.25) is 9.69 Å². The van der Waals surface area contributed by atoms with Crippen LogP contribution in [-0.4, -0.2) is 42.0 Å². The lowest BCUT2D eigenvalue weighted by molar-refractivity contribution is 0.102. The van der Waals surface area contributed by atoms with E-state index in [1.807, 2.05) is 24.3 Å². The summed E-state index contributed by atoms with van der Waals surface area (Å²) >= 11 is 1.72. The van der Waals surface area contributed by atoms with Crippen LogP contribution in [0.15, 0.2) is 72.1 Å². The molecule has 1 amide bonds. The lowest BCUT2D eigenvalue weighted by Crippen LogP contribution is -2.46. The molecule has 1 aromatic heterocycles. The van der Waals surface area contributed by atoms with Gasteiger partial charge >= 0.3 is 0 Å². The van der Waals surface area contributed by atoms with Crippen molar-refractivity contribution in [2.24, 2.45) is 0 Å². The molecule has 0 atom stereocenters. The summed E-state index contributed by atoms with van der Waals surface area (Å²) in [6.07, 6.45) is 0. The number of aromatic nitrogens is 1. The predicted octanol–water partition coefficient (Wildman–Crippen LogP) is 7.94. The fraction of sp³-hybridized carbons (Fsp3) is 0.353. The first kappa shape index (κ1) is 28.1. The molecular formula is C34H40N4OS. The average molecular weight is 553 g/mol. The average Bonchev–Trinajstić information content (AvgIpc) is 3.37. The van der Waals surface area contributed by atoms with Crippen molar-refractivity contribution < 1.29 is 4.79 Å². The molecule has 0 bridgehead atoms. The molecule has 3 aromatic carbocycles. The van der Waals surface area contributed by atoms with Crippen LogP contribution in [0.3, 0.4) is 0 Å². The molecule has 5 nitrogen and oxygen atoms in total. The molecule has 0 spiro atoms. The smallest absolute Gasteiger partial charge is 0.256 e. The molecule has 1 aliphatic heterocycles. The summed E-state index contributed by atoms with van der Waals surface area (Å²) in [5.41, 5.74) is 8.46. The van der Waals surface area contributed by atoms with E-state index in [2.05, 4.69) is 103 Å². The van der Waals surface area contributed by atoms with Crippen LogP contribution in [0.4, 0.5) is 11.4 Å². The third kappa shape index (κ3) is 6.45. The Morgan fingerprint density at radius 3 is 2.20 bits per heavy atom. The summed E-state index contributed by atoms with van der Waals surface area (Å²) in [5.74, 6) is 0.693. The van der Waals surface area contributed by atoms with Crippen molar-refractivity contribution in [2.75, 3.05) is 36.4 Å². The molecule has 1 N–H and O–H groups in total. The molecule has 5 rings (SSSR count). The zero-order valence-electron chi connectivity index (χ0n) is 24.3. The number of hydrogen-bond donors (Lipinski definition) is 1. The molecule has 1 aliphatic rings. The van der Waals surface area contributed by atoms with Crippen LogP contribution in [0.5, 0.6) is 0 Å². The van der Waals surface area contributed by atoms with Gasteiger partial charge in [0.15, 0.2) is 0 Å². The Hall–Kier alpha value is -3.48. The minimum Gasteiger partial charge on any atom is -0.369 e. The number of rotatable bonds is 8. The summed E-state index contributed by atoms with van der Waals surface area (Å²) in [4.78, 5) is 23.1. The molecule has 1 saturated heterocycles. The number of amides is 1. The largest absolute Gasteiger partial charge is 0.369 e. The molecule has 2 heterocycles. The zero-order valence-corrected chi connectivity index (χ0v) is 25.1. The maximum absolute atomic E-state index is 13.6. The number of carbonyl (C=O) groups excluding carboxylic acids is 1. The van der Waals surface area contributed by atoms with Gasteiger partial charge in [-0.25, -0.2) is 4.98 Å². The number of aryl methyl sites for hydroxylation is 1. The Morgan fingerprint density at radius 1 is 0.900 bits per heavy atom. The third-order valence-electron chi connectivity index (χ3n) is 7.74. The highest BCUT2D eigenvalue weighted by Gasteiger charge is 2.20. The first-order valence-corrected chi connectivity index (χ1v) is 15.2. The molecule has 0 unspecified atom stereocenters. The second-order valence-electron chi connectivity index (χ2n) is 11.3. The minimum absolute atomic E-state index is 0.0796. The van der Waals surface area contributed by atoms with Crippen LogP contribution < -0.4 is 10.2 Å². The molecular weight excluding hydrogens is 512 g/mol. The predicted molar refractivity (Wildman–Crippen MR) is 169 cm³/mol. The first-order valence-electron chi connectivity index (χ1n) is 14.3. The van der Waals surface area contributed by atoms with E-state index >= 15 is 0 Å². The van der Waals surface area contributed by atoms with Gasteiger partial charge in [0.25, 0.3) is 5.91 Å². The molecule has 0 radical (unpaired) electrons.